The molecule has 1 saturated heterocycles. The van der Waals surface area contributed by atoms with Gasteiger partial charge in [-0.05, 0) is 84.0 Å². The van der Waals surface area contributed by atoms with Crippen molar-refractivity contribution in [1.82, 2.24) is 14.8 Å². The molecule has 0 bridgehead atoms. The van der Waals surface area contributed by atoms with E-state index < -0.39 is 12.4 Å². The predicted octanol–water partition coefficient (Wildman–Crippen LogP) is 8.06. The van der Waals surface area contributed by atoms with E-state index in [9.17, 15) is 22.8 Å². The number of ether oxygens (including phenoxy) is 1. The highest BCUT2D eigenvalue weighted by Crippen LogP contribution is 2.35. The molecular weight excluding hydrogens is 605 g/mol. The summed E-state index contributed by atoms with van der Waals surface area (Å²) in [6.07, 6.45) is -3.32. The smallest absolute Gasteiger partial charge is 0.406 e. The summed E-state index contributed by atoms with van der Waals surface area (Å²) in [5, 5.41) is 7.67. The summed E-state index contributed by atoms with van der Waals surface area (Å²) < 4.78 is 42.8. The maximum atomic E-state index is 13.2. The molecule has 0 saturated carbocycles. The molecule has 1 fully saturated rings. The fourth-order valence-corrected chi connectivity index (χ4v) is 5.72. The van der Waals surface area contributed by atoms with Crippen molar-refractivity contribution >= 4 is 40.2 Å². The van der Waals surface area contributed by atoms with Crippen molar-refractivity contribution in [1.29, 1.82) is 0 Å². The molecule has 4 aromatic rings. The van der Waals surface area contributed by atoms with E-state index in [1.807, 2.05) is 45.0 Å². The molecule has 1 aliphatic rings. The normalized spacial score (nSPS) is 14.6. The molecule has 13 heteroatoms. The number of thioether (sulfide) groups is 1. The van der Waals surface area contributed by atoms with Crippen molar-refractivity contribution in [2.24, 2.45) is 4.99 Å². The number of rotatable bonds is 7. The van der Waals surface area contributed by atoms with Gasteiger partial charge in [-0.3, -0.25) is 9.69 Å². The summed E-state index contributed by atoms with van der Waals surface area (Å²) in [6.45, 7) is 10.0. The number of aromatic nitrogens is 3. The van der Waals surface area contributed by atoms with E-state index in [-0.39, 0.29) is 29.2 Å². The number of benzene rings is 3. The summed E-state index contributed by atoms with van der Waals surface area (Å²) in [7, 11) is 0. The van der Waals surface area contributed by atoms with Gasteiger partial charge in [-0.2, -0.15) is 4.99 Å². The van der Waals surface area contributed by atoms with E-state index >= 15 is 0 Å². The Bertz CT molecular complexity index is 1770. The number of amides is 3. The number of aryl methyl sites for hydroxylation is 1. The molecule has 234 valence electrons. The number of amidine groups is 1. The fourth-order valence-electron chi connectivity index (χ4n) is 4.86. The van der Waals surface area contributed by atoms with Gasteiger partial charge in [0.25, 0.3) is 0 Å². The predicted molar refractivity (Wildman–Crippen MR) is 169 cm³/mol. The van der Waals surface area contributed by atoms with Crippen LogP contribution >= 0.6 is 11.8 Å². The third kappa shape index (κ3) is 7.36. The van der Waals surface area contributed by atoms with Crippen LogP contribution in [-0.4, -0.2) is 44.0 Å². The average Bonchev–Trinajstić information content (AvgIpc) is 3.59. The number of carbonyl (C=O) groups is 2. The molecule has 0 unspecified atom stereocenters. The summed E-state index contributed by atoms with van der Waals surface area (Å²) >= 11 is 1.22. The lowest BCUT2D eigenvalue weighted by molar-refractivity contribution is -0.274. The average molecular weight is 637 g/mol. The minimum Gasteiger partial charge on any atom is -0.406 e. The number of halogens is 3. The first-order valence-electron chi connectivity index (χ1n) is 14.2. The van der Waals surface area contributed by atoms with Crippen LogP contribution in [0.2, 0.25) is 0 Å². The Hall–Kier alpha value is -4.65. The monoisotopic (exact) mass is 636 g/mol. The van der Waals surface area contributed by atoms with Gasteiger partial charge in [-0.15, -0.1) is 18.3 Å². The Morgan fingerprint density at radius 2 is 1.71 bits per heavy atom. The minimum atomic E-state index is -4.78. The molecule has 5 rings (SSSR count). The van der Waals surface area contributed by atoms with Gasteiger partial charge in [0.2, 0.25) is 5.91 Å². The van der Waals surface area contributed by atoms with E-state index in [1.165, 1.54) is 51.9 Å². The zero-order valence-corrected chi connectivity index (χ0v) is 26.0. The van der Waals surface area contributed by atoms with Gasteiger partial charge in [-0.1, -0.05) is 51.6 Å². The summed E-state index contributed by atoms with van der Waals surface area (Å²) in [5.41, 5.74) is 5.28. The Morgan fingerprint density at radius 1 is 1.00 bits per heavy atom. The van der Waals surface area contributed by atoms with Crippen molar-refractivity contribution < 1.29 is 27.5 Å². The number of nitrogens with one attached hydrogen (secondary N) is 1. The molecule has 3 aromatic carbocycles. The van der Waals surface area contributed by atoms with Crippen molar-refractivity contribution in [3.05, 3.63) is 83.7 Å². The largest absolute Gasteiger partial charge is 0.573 e. The van der Waals surface area contributed by atoms with E-state index in [0.717, 1.165) is 22.4 Å². The Labute approximate surface area is 262 Å². The van der Waals surface area contributed by atoms with Crippen LogP contribution in [0.3, 0.4) is 0 Å². The van der Waals surface area contributed by atoms with Crippen molar-refractivity contribution in [3.8, 4) is 22.8 Å². The summed E-state index contributed by atoms with van der Waals surface area (Å²) in [4.78, 5) is 36.3. The molecule has 1 aromatic heterocycles. The van der Waals surface area contributed by atoms with Gasteiger partial charge >= 0.3 is 12.4 Å². The number of nitrogens with zero attached hydrogens (tertiary/aromatic N) is 5. The number of aliphatic imine (C=N–C) groups is 1. The second-order valence-corrected chi connectivity index (χ2v) is 12.0. The highest BCUT2D eigenvalue weighted by Gasteiger charge is 2.33. The molecule has 2 heterocycles. The topological polar surface area (TPSA) is 102 Å². The minimum absolute atomic E-state index is 0.0102. The molecule has 1 N–H and O–H groups in total. The fraction of sp³-hybridized carbons (Fsp3) is 0.281. The van der Waals surface area contributed by atoms with Crippen molar-refractivity contribution in [3.63, 3.8) is 0 Å². The number of urea groups is 1. The third-order valence-electron chi connectivity index (χ3n) is 7.01. The highest BCUT2D eigenvalue weighted by atomic mass is 32.2. The lowest BCUT2D eigenvalue weighted by Crippen LogP contribution is -2.31. The van der Waals surface area contributed by atoms with Crippen molar-refractivity contribution in [2.75, 3.05) is 16.0 Å². The number of anilines is 2. The van der Waals surface area contributed by atoms with E-state index in [2.05, 4.69) is 39.0 Å². The van der Waals surface area contributed by atoms with Gasteiger partial charge in [0, 0.05) is 11.3 Å². The van der Waals surface area contributed by atoms with Crippen LogP contribution in [0.1, 0.15) is 56.2 Å². The van der Waals surface area contributed by atoms with Crippen LogP contribution in [0, 0.1) is 6.92 Å². The summed E-state index contributed by atoms with van der Waals surface area (Å²) in [5.74, 6) is 0.285. The van der Waals surface area contributed by atoms with E-state index in [1.54, 1.807) is 12.1 Å². The molecule has 9 nitrogen and oxygen atoms in total. The number of hydrogen-bond acceptors (Lipinski definition) is 6. The second kappa shape index (κ2) is 12.8. The zero-order valence-electron chi connectivity index (χ0n) is 25.2. The van der Waals surface area contributed by atoms with Crippen LogP contribution < -0.4 is 15.0 Å². The maximum absolute atomic E-state index is 13.2. The van der Waals surface area contributed by atoms with Gasteiger partial charge in [0.05, 0.1) is 17.1 Å². The van der Waals surface area contributed by atoms with Crippen LogP contribution in [0.5, 0.6) is 5.75 Å². The van der Waals surface area contributed by atoms with Crippen LogP contribution in [0.15, 0.2) is 72.0 Å². The van der Waals surface area contributed by atoms with E-state index in [0.29, 0.717) is 27.9 Å². The lowest BCUT2D eigenvalue weighted by atomic mass is 9.98. The number of carbonyl (C=O) groups excluding carboxylic acids is 2. The first-order valence-corrected chi connectivity index (χ1v) is 15.2. The molecule has 45 heavy (non-hydrogen) atoms. The molecule has 0 spiro atoms. The first-order chi connectivity index (χ1) is 21.3. The third-order valence-corrected chi connectivity index (χ3v) is 7.93. The van der Waals surface area contributed by atoms with Crippen molar-refractivity contribution in [2.45, 2.75) is 52.8 Å². The lowest BCUT2D eigenvalue weighted by Gasteiger charge is -2.22. The molecule has 0 aliphatic carbocycles. The van der Waals surface area contributed by atoms with E-state index in [4.69, 9.17) is 0 Å². The highest BCUT2D eigenvalue weighted by molar-refractivity contribution is 8.15. The number of alkyl halides is 3. The molecule has 1 aliphatic heterocycles. The first kappa shape index (κ1) is 31.8. The van der Waals surface area contributed by atoms with Gasteiger partial charge < -0.3 is 10.1 Å². The standard InChI is InChI=1S/C32H31F3N6O3S/c1-18(2)24-12-6-20(5)14-27(24)41-28(42)16-45-31(41)38-30(43)37-26-13-7-21(15-25(26)19(3)4)29-36-17-40(39-29)22-8-10-23(11-9-22)44-32(33,34)35/h6-15,17-19H,16H2,1-5H3,(H,37,43)/b38-31-. The van der Waals surface area contributed by atoms with Crippen LogP contribution in [0.4, 0.5) is 29.3 Å². The quantitative estimate of drug-likeness (QED) is 0.220. The van der Waals surface area contributed by atoms with Crippen LogP contribution in [-0.2, 0) is 4.79 Å². The second-order valence-electron chi connectivity index (χ2n) is 11.1. The Kier molecular flexibility index (Phi) is 9.01. The molecule has 0 radical (unpaired) electrons. The van der Waals surface area contributed by atoms with Gasteiger partial charge in [0.1, 0.15) is 12.1 Å². The molecular formula is C32H31F3N6O3S. The molecule has 3 amide bonds. The Morgan fingerprint density at radius 3 is 2.38 bits per heavy atom. The SMILES string of the molecule is Cc1ccc(C(C)C)c(N2C(=O)CS/C2=N\C(=O)Nc2ccc(-c3ncn(-c4ccc(OC(F)(F)F)cc4)n3)cc2C(C)C)c1. The van der Waals surface area contributed by atoms with Gasteiger partial charge in [0.15, 0.2) is 11.0 Å². The zero-order chi connectivity index (χ0) is 32.5. The van der Waals surface area contributed by atoms with Gasteiger partial charge in [-0.25, -0.2) is 14.5 Å². The Balaban J connectivity index is 1.36. The maximum Gasteiger partial charge on any atom is 0.573 e. The number of hydrogen-bond donors (Lipinski definition) is 1. The van der Waals surface area contributed by atoms with Crippen LogP contribution in [0.25, 0.3) is 17.1 Å². The molecule has 0 atom stereocenters. The summed E-state index contributed by atoms with van der Waals surface area (Å²) in [6, 6.07) is 16.0.